The van der Waals surface area contributed by atoms with Crippen LogP contribution in [0.1, 0.15) is 322 Å². The molecule has 17 unspecified atom stereocenters. The van der Waals surface area contributed by atoms with E-state index in [9.17, 15) is 61.0 Å². The minimum Gasteiger partial charge on any atom is -0.394 e. The summed E-state index contributed by atoms with van der Waals surface area (Å²) in [5.74, 6) is -0.284. The molecule has 19 nitrogen and oxygen atoms in total. The molecule has 3 aliphatic rings. The van der Waals surface area contributed by atoms with Crippen LogP contribution >= 0.6 is 0 Å². The molecule has 3 rings (SSSR count). The fourth-order valence-corrected chi connectivity index (χ4v) is 13.6. The average Bonchev–Trinajstić information content (AvgIpc) is 0.761. The topological polar surface area (TPSA) is 307 Å². The number of rotatable bonds is 64. The van der Waals surface area contributed by atoms with Gasteiger partial charge in [0.2, 0.25) is 5.91 Å². The minimum absolute atomic E-state index is 0.235. The lowest BCUT2D eigenvalue weighted by Crippen LogP contribution is -2.66. The van der Waals surface area contributed by atoms with Crippen LogP contribution in [-0.2, 0) is 33.2 Å². The molecule has 0 spiro atoms. The van der Waals surface area contributed by atoms with Gasteiger partial charge in [0.15, 0.2) is 18.9 Å². The molecule has 3 saturated heterocycles. The molecule has 0 bridgehead atoms. The highest BCUT2D eigenvalue weighted by Gasteiger charge is 2.54. The molecule has 0 radical (unpaired) electrons. The highest BCUT2D eigenvalue weighted by Crippen LogP contribution is 2.33. The van der Waals surface area contributed by atoms with Crippen LogP contribution in [0, 0.1) is 0 Å². The Kier molecular flexibility index (Phi) is 56.0. The monoisotopic (exact) mass is 1410 g/mol. The molecule has 1 amide bonds. The highest BCUT2D eigenvalue weighted by atomic mass is 16.8. The van der Waals surface area contributed by atoms with Crippen molar-refractivity contribution < 1.29 is 89.4 Å². The summed E-state index contributed by atoms with van der Waals surface area (Å²) in [6.07, 6.45) is 49.7. The van der Waals surface area contributed by atoms with Gasteiger partial charge in [0, 0.05) is 6.42 Å². The third-order valence-electron chi connectivity index (χ3n) is 20.1. The Morgan fingerprint density at radius 2 is 0.646 bits per heavy atom. The summed E-state index contributed by atoms with van der Waals surface area (Å²) in [5, 5.41) is 121. The maximum atomic E-state index is 13.5. The van der Waals surface area contributed by atoms with Gasteiger partial charge in [0.1, 0.15) is 73.2 Å². The van der Waals surface area contributed by atoms with Crippen LogP contribution < -0.4 is 5.32 Å². The van der Waals surface area contributed by atoms with Gasteiger partial charge in [-0.25, -0.2) is 0 Å². The number of aliphatic hydroxyl groups excluding tert-OH is 11. The fraction of sp³-hybridized carbons (Fsp3) is 0.887. The first-order chi connectivity index (χ1) is 48.3. The Labute approximate surface area is 599 Å². The zero-order chi connectivity index (χ0) is 71.8. The predicted molar refractivity (Wildman–Crippen MR) is 392 cm³/mol. The van der Waals surface area contributed by atoms with Gasteiger partial charge < -0.3 is 89.9 Å². The first-order valence-electron chi connectivity index (χ1n) is 40.4. The number of hydrogen-bond acceptors (Lipinski definition) is 18. The van der Waals surface area contributed by atoms with E-state index < -0.39 is 124 Å². The van der Waals surface area contributed by atoms with E-state index in [1.54, 1.807) is 6.08 Å². The molecule has 580 valence electrons. The molecule has 19 heteroatoms. The van der Waals surface area contributed by atoms with Crippen LogP contribution in [0.15, 0.2) is 48.6 Å². The summed E-state index contributed by atoms with van der Waals surface area (Å²) < 4.78 is 34.4. The van der Waals surface area contributed by atoms with Crippen LogP contribution in [0.2, 0.25) is 0 Å². The number of allylic oxidation sites excluding steroid dienone is 7. The maximum Gasteiger partial charge on any atom is 0.220 e. The van der Waals surface area contributed by atoms with Gasteiger partial charge in [-0.05, 0) is 70.6 Å². The van der Waals surface area contributed by atoms with E-state index in [0.29, 0.717) is 12.8 Å². The summed E-state index contributed by atoms with van der Waals surface area (Å²) >= 11 is 0. The molecule has 3 heterocycles. The summed E-state index contributed by atoms with van der Waals surface area (Å²) in [6.45, 7) is 1.75. The molecule has 0 aliphatic carbocycles. The molecule has 3 fully saturated rings. The second-order valence-electron chi connectivity index (χ2n) is 28.9. The van der Waals surface area contributed by atoms with Gasteiger partial charge in [-0.2, -0.15) is 0 Å². The van der Waals surface area contributed by atoms with Crippen molar-refractivity contribution in [1.29, 1.82) is 0 Å². The molecule has 12 N–H and O–H groups in total. The molecular weight excluding hydrogens is 1260 g/mol. The quantitative estimate of drug-likeness (QED) is 0.0199. The Hall–Kier alpha value is -2.25. The molecule has 3 aliphatic heterocycles. The lowest BCUT2D eigenvalue weighted by molar-refractivity contribution is -0.379. The summed E-state index contributed by atoms with van der Waals surface area (Å²) in [7, 11) is 0. The Morgan fingerprint density at radius 1 is 0.354 bits per heavy atom. The standard InChI is InChI=1S/C80H147NO18/c1-3-5-7-9-11-13-15-17-19-21-23-25-26-27-28-29-30-31-32-33-34-35-36-38-40-42-44-46-48-50-52-54-56-58-68(86)81-63(64(85)57-55-53-51-49-47-45-43-41-39-37-24-22-20-18-16-14-12-10-8-6-4-2)62-94-78-74(92)71(89)76(66(60-83)96-78)99-80-75(93)72(90)77(67(61-84)97-80)98-79-73(91)70(88)69(87)65(59-82)95-79/h21,23,39,41,47,49,55,57,63-67,69-80,82-85,87-93H,3-20,22,24-38,40,42-46,48,50-54,56,58-62H2,1-2H3,(H,81,86)/b23-21-,41-39+,49-47+,57-55+. The molecule has 0 aromatic heterocycles. The number of aliphatic hydroxyl groups is 11. The normalized spacial score (nSPS) is 26.8. The second kappa shape index (κ2) is 61.0. The zero-order valence-corrected chi connectivity index (χ0v) is 62.0. The van der Waals surface area contributed by atoms with Crippen molar-refractivity contribution in [2.75, 3.05) is 26.4 Å². The average molecular weight is 1410 g/mol. The van der Waals surface area contributed by atoms with E-state index in [-0.39, 0.29) is 18.9 Å². The van der Waals surface area contributed by atoms with Crippen molar-refractivity contribution in [3.63, 3.8) is 0 Å². The zero-order valence-electron chi connectivity index (χ0n) is 62.0. The molecule has 99 heavy (non-hydrogen) atoms. The Bertz CT molecular complexity index is 1980. The van der Waals surface area contributed by atoms with Crippen molar-refractivity contribution in [3.8, 4) is 0 Å². The second-order valence-corrected chi connectivity index (χ2v) is 28.9. The molecule has 17 atom stereocenters. The van der Waals surface area contributed by atoms with Crippen LogP contribution in [-0.4, -0.2) is 193 Å². The number of amides is 1. The van der Waals surface area contributed by atoms with E-state index in [2.05, 4.69) is 55.6 Å². The van der Waals surface area contributed by atoms with Gasteiger partial charge >= 0.3 is 0 Å². The van der Waals surface area contributed by atoms with Crippen molar-refractivity contribution in [2.45, 2.75) is 426 Å². The largest absolute Gasteiger partial charge is 0.394 e. The van der Waals surface area contributed by atoms with Gasteiger partial charge in [-0.15, -0.1) is 0 Å². The summed E-state index contributed by atoms with van der Waals surface area (Å²) in [5.41, 5.74) is 0. The van der Waals surface area contributed by atoms with Crippen molar-refractivity contribution in [1.82, 2.24) is 5.32 Å². The fourth-order valence-electron chi connectivity index (χ4n) is 13.6. The summed E-state index contributed by atoms with van der Waals surface area (Å²) in [6, 6.07) is -0.997. The third-order valence-corrected chi connectivity index (χ3v) is 20.1. The van der Waals surface area contributed by atoms with E-state index in [1.807, 2.05) is 6.08 Å². The van der Waals surface area contributed by atoms with E-state index in [4.69, 9.17) is 28.4 Å². The number of nitrogens with one attached hydrogen (secondary N) is 1. The van der Waals surface area contributed by atoms with Gasteiger partial charge in [0.05, 0.1) is 38.6 Å². The molecular formula is C80H147NO18. The lowest BCUT2D eigenvalue weighted by atomic mass is 9.96. The van der Waals surface area contributed by atoms with Gasteiger partial charge in [-0.1, -0.05) is 294 Å². The number of ether oxygens (including phenoxy) is 6. The first-order valence-corrected chi connectivity index (χ1v) is 40.4. The summed E-state index contributed by atoms with van der Waals surface area (Å²) in [4.78, 5) is 13.5. The molecule has 0 aromatic rings. The third kappa shape index (κ3) is 41.3. The smallest absolute Gasteiger partial charge is 0.220 e. The van der Waals surface area contributed by atoms with Gasteiger partial charge in [0.25, 0.3) is 0 Å². The molecule has 0 aromatic carbocycles. The maximum absolute atomic E-state index is 13.5. The number of carbonyl (C=O) groups is 1. The number of unbranched alkanes of at least 4 members (excludes halogenated alkanes) is 42. The van der Waals surface area contributed by atoms with Gasteiger partial charge in [-0.3, -0.25) is 4.79 Å². The van der Waals surface area contributed by atoms with E-state index in [0.717, 1.165) is 44.9 Å². The first kappa shape index (κ1) is 91.0. The van der Waals surface area contributed by atoms with Crippen LogP contribution in [0.5, 0.6) is 0 Å². The van der Waals surface area contributed by atoms with Crippen molar-refractivity contribution >= 4 is 5.91 Å². The van der Waals surface area contributed by atoms with Crippen molar-refractivity contribution in [2.24, 2.45) is 0 Å². The number of hydrogen-bond donors (Lipinski definition) is 12. The Balaban J connectivity index is 1.36. The van der Waals surface area contributed by atoms with Crippen LogP contribution in [0.3, 0.4) is 0 Å². The van der Waals surface area contributed by atoms with E-state index >= 15 is 0 Å². The highest BCUT2D eigenvalue weighted by molar-refractivity contribution is 5.76. The lowest BCUT2D eigenvalue weighted by Gasteiger charge is -2.48. The van der Waals surface area contributed by atoms with Crippen LogP contribution in [0.25, 0.3) is 0 Å². The minimum atomic E-state index is -1.98. The van der Waals surface area contributed by atoms with Crippen LogP contribution in [0.4, 0.5) is 0 Å². The van der Waals surface area contributed by atoms with E-state index in [1.165, 1.54) is 244 Å². The molecule has 0 saturated carbocycles. The predicted octanol–water partition coefficient (Wildman–Crippen LogP) is 13.3. The SMILES string of the molecule is CCCCCCCCCC/C=C\CCCCCCCCCCCCCCCCCCCCCCCC(=O)NC(COC1OC(CO)C(OC2OC(CO)C(OC3OC(CO)C(O)C(O)C3O)C(O)C2O)C(O)C1O)C(O)/C=C/CC/C=C/CC/C=C/CCCCCCCCCCCCC. The number of carbonyl (C=O) groups excluding carboxylic acids is 1. The Morgan fingerprint density at radius 3 is 1.01 bits per heavy atom. The van der Waals surface area contributed by atoms with Crippen molar-refractivity contribution in [3.05, 3.63) is 48.6 Å².